The van der Waals surface area contributed by atoms with Crippen LogP contribution in [0.4, 0.5) is 5.69 Å². The van der Waals surface area contributed by atoms with Crippen molar-refractivity contribution in [1.82, 2.24) is 0 Å². The van der Waals surface area contributed by atoms with Crippen LogP contribution in [0.15, 0.2) is 18.2 Å². The average Bonchev–Trinajstić information content (AvgIpc) is 2.38. The van der Waals surface area contributed by atoms with E-state index in [-0.39, 0.29) is 0 Å². The Morgan fingerprint density at radius 1 is 1.53 bits per heavy atom. The van der Waals surface area contributed by atoms with Crippen LogP contribution in [0.1, 0.15) is 18.4 Å². The molecule has 1 fully saturated rings. The van der Waals surface area contributed by atoms with Crippen molar-refractivity contribution in [2.45, 2.75) is 25.5 Å². The topological polar surface area (TPSA) is 38.5 Å². The Bertz CT molecular complexity index is 384. The molecule has 0 aromatic heterocycles. The molecule has 3 nitrogen and oxygen atoms in total. The van der Waals surface area contributed by atoms with E-state index in [1.54, 1.807) is 7.11 Å². The fraction of sp³-hybridized carbons (Fsp3) is 0.538. The van der Waals surface area contributed by atoms with Crippen LogP contribution in [-0.4, -0.2) is 26.3 Å². The van der Waals surface area contributed by atoms with Gasteiger partial charge in [0.15, 0.2) is 0 Å². The Morgan fingerprint density at radius 2 is 2.35 bits per heavy atom. The van der Waals surface area contributed by atoms with Crippen molar-refractivity contribution in [2.24, 2.45) is 5.73 Å². The molecule has 2 N–H and O–H groups in total. The summed E-state index contributed by atoms with van der Waals surface area (Å²) in [7, 11) is 1.78. The molecule has 1 aromatic carbocycles. The molecule has 1 atom stereocenters. The molecule has 4 heteroatoms. The third-order valence-corrected chi connectivity index (χ3v) is 3.69. The van der Waals surface area contributed by atoms with Crippen LogP contribution in [0, 0.1) is 0 Å². The molecule has 94 valence electrons. The van der Waals surface area contributed by atoms with Gasteiger partial charge in [-0.05, 0) is 30.5 Å². The molecule has 1 saturated heterocycles. The maximum absolute atomic E-state index is 6.18. The molecule has 2 rings (SSSR count). The van der Waals surface area contributed by atoms with Crippen molar-refractivity contribution in [2.75, 3.05) is 25.1 Å². The summed E-state index contributed by atoms with van der Waals surface area (Å²) in [4.78, 5) is 2.32. The van der Waals surface area contributed by atoms with Gasteiger partial charge in [-0.15, -0.1) is 0 Å². The van der Waals surface area contributed by atoms with Gasteiger partial charge >= 0.3 is 0 Å². The molecule has 17 heavy (non-hydrogen) atoms. The van der Waals surface area contributed by atoms with Gasteiger partial charge in [0.2, 0.25) is 0 Å². The van der Waals surface area contributed by atoms with E-state index in [1.165, 1.54) is 0 Å². The van der Waals surface area contributed by atoms with Crippen LogP contribution in [0.2, 0.25) is 5.02 Å². The van der Waals surface area contributed by atoms with Gasteiger partial charge < -0.3 is 15.4 Å². The van der Waals surface area contributed by atoms with Crippen molar-refractivity contribution in [3.05, 3.63) is 28.8 Å². The van der Waals surface area contributed by atoms with Gasteiger partial charge in [0.1, 0.15) is 0 Å². The van der Waals surface area contributed by atoms with Gasteiger partial charge in [0, 0.05) is 37.5 Å². The summed E-state index contributed by atoms with van der Waals surface area (Å²) < 4.78 is 5.42. The van der Waals surface area contributed by atoms with Gasteiger partial charge in [0.05, 0.1) is 6.10 Å². The Hall–Kier alpha value is -0.770. The summed E-state index contributed by atoms with van der Waals surface area (Å²) in [6.45, 7) is 2.49. The van der Waals surface area contributed by atoms with Crippen molar-refractivity contribution in [3.8, 4) is 0 Å². The fourth-order valence-corrected chi connectivity index (χ4v) is 2.52. The Morgan fingerprint density at radius 3 is 3.00 bits per heavy atom. The SMILES string of the molecule is COC1CCCN(c2ccc(CN)c(Cl)c2)C1. The van der Waals surface area contributed by atoms with Crippen LogP contribution >= 0.6 is 11.6 Å². The highest BCUT2D eigenvalue weighted by Gasteiger charge is 2.19. The Labute approximate surface area is 107 Å². The highest BCUT2D eigenvalue weighted by Crippen LogP contribution is 2.26. The average molecular weight is 255 g/mol. The summed E-state index contributed by atoms with van der Waals surface area (Å²) in [5.41, 5.74) is 7.76. The molecule has 0 radical (unpaired) electrons. The smallest absolute Gasteiger partial charge is 0.0746 e. The molecular weight excluding hydrogens is 236 g/mol. The van der Waals surface area contributed by atoms with E-state index >= 15 is 0 Å². The molecule has 0 spiro atoms. The number of nitrogens with two attached hydrogens (primary N) is 1. The van der Waals surface area contributed by atoms with Crippen molar-refractivity contribution >= 4 is 17.3 Å². The lowest BCUT2D eigenvalue weighted by Crippen LogP contribution is -2.39. The van der Waals surface area contributed by atoms with Crippen LogP contribution < -0.4 is 10.6 Å². The molecule has 0 bridgehead atoms. The molecule has 0 aliphatic carbocycles. The van der Waals surface area contributed by atoms with E-state index in [4.69, 9.17) is 22.1 Å². The number of hydrogen-bond donors (Lipinski definition) is 1. The van der Waals surface area contributed by atoms with Crippen LogP contribution in [0.25, 0.3) is 0 Å². The third kappa shape index (κ3) is 2.92. The zero-order chi connectivity index (χ0) is 12.3. The molecule has 1 aliphatic heterocycles. The lowest BCUT2D eigenvalue weighted by Gasteiger charge is -2.33. The van der Waals surface area contributed by atoms with E-state index in [9.17, 15) is 0 Å². The standard InChI is InChI=1S/C13H19ClN2O/c1-17-12-3-2-6-16(9-12)11-5-4-10(8-15)13(14)7-11/h4-5,7,12H,2-3,6,8-9,15H2,1H3. The zero-order valence-corrected chi connectivity index (χ0v) is 10.9. The highest BCUT2D eigenvalue weighted by atomic mass is 35.5. The fourth-order valence-electron chi connectivity index (χ4n) is 2.26. The van der Waals surface area contributed by atoms with E-state index in [0.29, 0.717) is 12.6 Å². The van der Waals surface area contributed by atoms with Crippen molar-refractivity contribution < 1.29 is 4.74 Å². The van der Waals surface area contributed by atoms with E-state index in [1.807, 2.05) is 12.1 Å². The molecule has 0 saturated carbocycles. The molecule has 0 amide bonds. The van der Waals surface area contributed by atoms with Gasteiger partial charge in [0.25, 0.3) is 0 Å². The first-order chi connectivity index (χ1) is 8.24. The quantitative estimate of drug-likeness (QED) is 0.900. The lowest BCUT2D eigenvalue weighted by atomic mass is 10.1. The normalized spacial score (nSPS) is 20.6. The van der Waals surface area contributed by atoms with Gasteiger partial charge in [-0.3, -0.25) is 0 Å². The summed E-state index contributed by atoms with van der Waals surface area (Å²) in [5, 5.41) is 0.754. The molecule has 1 unspecified atom stereocenters. The van der Waals surface area contributed by atoms with E-state index < -0.39 is 0 Å². The largest absolute Gasteiger partial charge is 0.380 e. The second-order valence-electron chi connectivity index (χ2n) is 4.43. The molecule has 1 aromatic rings. The van der Waals surface area contributed by atoms with E-state index in [2.05, 4.69) is 11.0 Å². The number of benzene rings is 1. The minimum atomic E-state index is 0.330. The zero-order valence-electron chi connectivity index (χ0n) is 10.2. The Balaban J connectivity index is 2.13. The first kappa shape index (κ1) is 12.7. The molecular formula is C13H19ClN2O. The second-order valence-corrected chi connectivity index (χ2v) is 4.83. The first-order valence-corrected chi connectivity index (χ1v) is 6.38. The predicted molar refractivity (Wildman–Crippen MR) is 71.6 cm³/mol. The van der Waals surface area contributed by atoms with E-state index in [0.717, 1.165) is 42.2 Å². The Kier molecular flexibility index (Phi) is 4.26. The molecule has 1 aliphatic rings. The number of anilines is 1. The summed E-state index contributed by atoms with van der Waals surface area (Å²) >= 11 is 6.18. The van der Waals surface area contributed by atoms with Gasteiger partial charge in [-0.25, -0.2) is 0 Å². The summed E-state index contributed by atoms with van der Waals surface area (Å²) in [5.74, 6) is 0. The summed E-state index contributed by atoms with van der Waals surface area (Å²) in [6, 6.07) is 6.10. The summed E-state index contributed by atoms with van der Waals surface area (Å²) in [6.07, 6.45) is 2.63. The number of rotatable bonds is 3. The van der Waals surface area contributed by atoms with Crippen molar-refractivity contribution in [3.63, 3.8) is 0 Å². The van der Waals surface area contributed by atoms with Crippen LogP contribution in [-0.2, 0) is 11.3 Å². The van der Waals surface area contributed by atoms with Gasteiger partial charge in [-0.1, -0.05) is 17.7 Å². The van der Waals surface area contributed by atoms with Crippen LogP contribution in [0.3, 0.4) is 0 Å². The van der Waals surface area contributed by atoms with Gasteiger partial charge in [-0.2, -0.15) is 0 Å². The number of halogens is 1. The maximum atomic E-state index is 6.18. The minimum Gasteiger partial charge on any atom is -0.380 e. The second kappa shape index (κ2) is 5.71. The first-order valence-electron chi connectivity index (χ1n) is 6.01. The lowest BCUT2D eigenvalue weighted by molar-refractivity contribution is 0.0893. The predicted octanol–water partition coefficient (Wildman–Crippen LogP) is 2.41. The minimum absolute atomic E-state index is 0.330. The maximum Gasteiger partial charge on any atom is 0.0746 e. The van der Waals surface area contributed by atoms with Crippen molar-refractivity contribution in [1.29, 1.82) is 0 Å². The molecule has 1 heterocycles. The number of methoxy groups -OCH3 is 1. The highest BCUT2D eigenvalue weighted by molar-refractivity contribution is 6.31. The van der Waals surface area contributed by atoms with Crippen LogP contribution in [0.5, 0.6) is 0 Å². The number of hydrogen-bond acceptors (Lipinski definition) is 3. The monoisotopic (exact) mass is 254 g/mol. The number of piperidine rings is 1. The number of nitrogens with zero attached hydrogens (tertiary/aromatic N) is 1. The number of ether oxygens (including phenoxy) is 1. The third-order valence-electron chi connectivity index (χ3n) is 3.33.